The molecule has 3 aromatic rings. The van der Waals surface area contributed by atoms with Crippen molar-refractivity contribution in [3.05, 3.63) is 82.2 Å². The van der Waals surface area contributed by atoms with Gasteiger partial charge in [0.1, 0.15) is 0 Å². The average Bonchev–Trinajstić information content (AvgIpc) is 3.05. The molecule has 0 saturated carbocycles. The first-order chi connectivity index (χ1) is 10.7. The van der Waals surface area contributed by atoms with Crippen molar-refractivity contribution >= 4 is 40.4 Å². The molecule has 5 heteroatoms. The number of halogens is 2. The van der Waals surface area contributed by atoms with E-state index in [1.165, 1.54) is 6.26 Å². The molecule has 2 aromatic carbocycles. The molecule has 0 aliphatic carbocycles. The third-order valence-electron chi connectivity index (χ3n) is 3.14. The lowest BCUT2D eigenvalue weighted by atomic mass is 10.1. The fraction of sp³-hybridized carbons (Fsp3) is 0. The summed E-state index contributed by atoms with van der Waals surface area (Å²) < 4.78 is 5.17. The average molecular weight is 332 g/mol. The molecule has 1 N–H and O–H groups in total. The first-order valence-corrected chi connectivity index (χ1v) is 7.30. The van der Waals surface area contributed by atoms with Gasteiger partial charge in [-0.1, -0.05) is 41.4 Å². The third kappa shape index (κ3) is 2.86. The molecule has 22 heavy (non-hydrogen) atoms. The summed E-state index contributed by atoms with van der Waals surface area (Å²) in [6.07, 6.45) is 1.47. The number of hydrogen-bond acceptors (Lipinski definition) is 3. The van der Waals surface area contributed by atoms with E-state index in [1.54, 1.807) is 48.5 Å². The smallest absolute Gasteiger partial charge is 0.230 e. The van der Waals surface area contributed by atoms with Crippen molar-refractivity contribution < 1.29 is 9.21 Å². The van der Waals surface area contributed by atoms with Crippen molar-refractivity contribution in [3.63, 3.8) is 0 Å². The number of rotatable bonds is 4. The fourth-order valence-corrected chi connectivity index (χ4v) is 2.57. The van der Waals surface area contributed by atoms with Gasteiger partial charge in [-0.3, -0.25) is 4.79 Å². The van der Waals surface area contributed by atoms with Crippen LogP contribution in [0.1, 0.15) is 16.1 Å². The van der Waals surface area contributed by atoms with E-state index in [0.717, 1.165) is 0 Å². The monoisotopic (exact) mass is 331 g/mol. The largest absolute Gasteiger partial charge is 0.461 e. The summed E-state index contributed by atoms with van der Waals surface area (Å²) in [5.74, 6) is 0.0655. The maximum atomic E-state index is 12.5. The van der Waals surface area contributed by atoms with E-state index in [2.05, 4.69) is 5.32 Å². The van der Waals surface area contributed by atoms with E-state index in [0.29, 0.717) is 27.0 Å². The van der Waals surface area contributed by atoms with Gasteiger partial charge in [-0.15, -0.1) is 0 Å². The van der Waals surface area contributed by atoms with Crippen LogP contribution in [0.25, 0.3) is 0 Å². The highest BCUT2D eigenvalue weighted by atomic mass is 35.5. The van der Waals surface area contributed by atoms with E-state index in [-0.39, 0.29) is 11.5 Å². The number of benzene rings is 2. The van der Waals surface area contributed by atoms with Gasteiger partial charge in [0.25, 0.3) is 0 Å². The van der Waals surface area contributed by atoms with Gasteiger partial charge in [0.2, 0.25) is 5.78 Å². The minimum atomic E-state index is -0.212. The summed E-state index contributed by atoms with van der Waals surface area (Å²) in [6.45, 7) is 0. The summed E-state index contributed by atoms with van der Waals surface area (Å²) in [5, 5.41) is 4.08. The van der Waals surface area contributed by atoms with Gasteiger partial charge in [-0.05, 0) is 36.4 Å². The van der Waals surface area contributed by atoms with E-state index in [9.17, 15) is 4.79 Å². The van der Waals surface area contributed by atoms with Crippen molar-refractivity contribution in [2.75, 3.05) is 5.32 Å². The van der Waals surface area contributed by atoms with E-state index < -0.39 is 0 Å². The predicted octanol–water partition coefficient (Wildman–Crippen LogP) is 5.56. The molecule has 1 heterocycles. The molecule has 0 aliphatic rings. The molecule has 0 radical (unpaired) electrons. The van der Waals surface area contributed by atoms with Crippen LogP contribution in [0.3, 0.4) is 0 Å². The lowest BCUT2D eigenvalue weighted by Crippen LogP contribution is -2.04. The Balaban J connectivity index is 2.00. The molecular weight excluding hydrogens is 321 g/mol. The number of ketones is 1. The van der Waals surface area contributed by atoms with Crippen LogP contribution in [0.2, 0.25) is 10.0 Å². The van der Waals surface area contributed by atoms with Crippen LogP contribution in [0.4, 0.5) is 11.4 Å². The van der Waals surface area contributed by atoms with E-state index in [4.69, 9.17) is 27.6 Å². The summed E-state index contributed by atoms with van der Waals surface area (Å²) in [4.78, 5) is 12.5. The van der Waals surface area contributed by atoms with Crippen molar-refractivity contribution in [1.29, 1.82) is 0 Å². The first kappa shape index (κ1) is 14.7. The van der Waals surface area contributed by atoms with Gasteiger partial charge in [0.15, 0.2) is 5.76 Å². The molecule has 110 valence electrons. The molecule has 0 spiro atoms. The molecule has 0 atom stereocenters. The molecule has 0 fully saturated rings. The zero-order chi connectivity index (χ0) is 15.5. The molecular formula is C17H11Cl2NO2. The maximum Gasteiger partial charge on any atom is 0.230 e. The van der Waals surface area contributed by atoms with Gasteiger partial charge in [0.05, 0.1) is 22.0 Å². The molecule has 1 aromatic heterocycles. The van der Waals surface area contributed by atoms with Gasteiger partial charge in [-0.2, -0.15) is 0 Å². The first-order valence-electron chi connectivity index (χ1n) is 6.55. The molecule has 0 aliphatic heterocycles. The Morgan fingerprint density at radius 1 is 0.909 bits per heavy atom. The molecule has 3 nitrogen and oxygen atoms in total. The maximum absolute atomic E-state index is 12.5. The topological polar surface area (TPSA) is 42.2 Å². The Kier molecular flexibility index (Phi) is 4.18. The predicted molar refractivity (Wildman–Crippen MR) is 88.3 cm³/mol. The SMILES string of the molecule is O=C(c1ccco1)c1ccccc1Nc1c(Cl)cccc1Cl. The van der Waals surface area contributed by atoms with Crippen LogP contribution in [-0.4, -0.2) is 5.78 Å². The number of carbonyl (C=O) groups excluding carboxylic acids is 1. The molecule has 0 saturated heterocycles. The van der Waals surface area contributed by atoms with Crippen molar-refractivity contribution in [2.45, 2.75) is 0 Å². The van der Waals surface area contributed by atoms with Crippen LogP contribution in [-0.2, 0) is 0 Å². The highest BCUT2D eigenvalue weighted by Gasteiger charge is 2.17. The van der Waals surface area contributed by atoms with E-state index >= 15 is 0 Å². The van der Waals surface area contributed by atoms with Gasteiger partial charge >= 0.3 is 0 Å². The highest BCUT2D eigenvalue weighted by molar-refractivity contribution is 6.39. The molecule has 3 rings (SSSR count). The minimum Gasteiger partial charge on any atom is -0.461 e. The van der Waals surface area contributed by atoms with Crippen LogP contribution >= 0.6 is 23.2 Å². The van der Waals surface area contributed by atoms with Crippen molar-refractivity contribution in [3.8, 4) is 0 Å². The Labute approximate surface area is 137 Å². The Morgan fingerprint density at radius 3 is 2.32 bits per heavy atom. The van der Waals surface area contributed by atoms with Crippen LogP contribution in [0.15, 0.2) is 65.3 Å². The summed E-state index contributed by atoms with van der Waals surface area (Å²) in [6, 6.07) is 15.6. The second-order valence-corrected chi connectivity index (χ2v) is 5.39. The number of furan rings is 1. The Bertz CT molecular complexity index is 793. The van der Waals surface area contributed by atoms with Crippen molar-refractivity contribution in [1.82, 2.24) is 0 Å². The quantitative estimate of drug-likeness (QED) is 0.636. The molecule has 0 amide bonds. The van der Waals surface area contributed by atoms with Gasteiger partial charge in [0, 0.05) is 11.3 Å². The number of nitrogens with one attached hydrogen (secondary N) is 1. The zero-order valence-corrected chi connectivity index (χ0v) is 12.9. The summed E-state index contributed by atoms with van der Waals surface area (Å²) in [5.41, 5.74) is 1.65. The van der Waals surface area contributed by atoms with Crippen LogP contribution in [0.5, 0.6) is 0 Å². The third-order valence-corrected chi connectivity index (χ3v) is 3.77. The van der Waals surface area contributed by atoms with Crippen molar-refractivity contribution in [2.24, 2.45) is 0 Å². The zero-order valence-electron chi connectivity index (χ0n) is 11.3. The standard InChI is InChI=1S/C17H11Cl2NO2/c18-12-6-3-7-13(19)16(12)20-14-8-2-1-5-11(14)17(21)15-9-4-10-22-15/h1-10,20H. The highest BCUT2D eigenvalue weighted by Crippen LogP contribution is 2.34. The lowest BCUT2D eigenvalue weighted by molar-refractivity contribution is 0.101. The Morgan fingerprint density at radius 2 is 1.64 bits per heavy atom. The minimum absolute atomic E-state index is 0.212. The second kappa shape index (κ2) is 6.26. The normalized spacial score (nSPS) is 10.5. The number of para-hydroxylation sites is 2. The number of carbonyl (C=O) groups is 1. The summed E-state index contributed by atoms with van der Waals surface area (Å²) >= 11 is 12.3. The van der Waals surface area contributed by atoms with Gasteiger partial charge in [-0.25, -0.2) is 0 Å². The molecule has 0 unspecified atom stereocenters. The van der Waals surface area contributed by atoms with Crippen LogP contribution < -0.4 is 5.32 Å². The fourth-order valence-electron chi connectivity index (χ4n) is 2.08. The van der Waals surface area contributed by atoms with Crippen LogP contribution in [0, 0.1) is 0 Å². The number of hydrogen-bond donors (Lipinski definition) is 1. The van der Waals surface area contributed by atoms with Gasteiger partial charge < -0.3 is 9.73 Å². The Hall–Kier alpha value is -2.23. The lowest BCUT2D eigenvalue weighted by Gasteiger charge is -2.13. The second-order valence-electron chi connectivity index (χ2n) is 4.57. The summed E-state index contributed by atoms with van der Waals surface area (Å²) in [7, 11) is 0. The number of anilines is 2. The molecule has 0 bridgehead atoms. The van der Waals surface area contributed by atoms with E-state index in [1.807, 2.05) is 6.07 Å².